The molecule has 1 heterocycles. The number of halogens is 3. The molecule has 2 aromatic carbocycles. The van der Waals surface area contributed by atoms with Crippen molar-refractivity contribution in [2.45, 2.75) is 25.1 Å². The van der Waals surface area contributed by atoms with Crippen LogP contribution in [-0.4, -0.2) is 29.7 Å². The number of hydrogen-bond donors (Lipinski definition) is 1. The van der Waals surface area contributed by atoms with Gasteiger partial charge in [0.25, 0.3) is 11.8 Å². The summed E-state index contributed by atoms with van der Waals surface area (Å²) in [6, 6.07) is 14.0. The van der Waals surface area contributed by atoms with Crippen molar-refractivity contribution in [3.8, 4) is 5.75 Å². The van der Waals surface area contributed by atoms with Crippen molar-refractivity contribution in [1.29, 1.82) is 0 Å². The van der Waals surface area contributed by atoms with E-state index in [0.29, 0.717) is 12.1 Å². The molecule has 1 N–H and O–H groups in total. The van der Waals surface area contributed by atoms with Crippen molar-refractivity contribution in [3.05, 3.63) is 71.8 Å². The van der Waals surface area contributed by atoms with Gasteiger partial charge in [0.15, 0.2) is 0 Å². The van der Waals surface area contributed by atoms with Gasteiger partial charge in [-0.3, -0.25) is 14.4 Å². The van der Waals surface area contributed by atoms with Gasteiger partial charge in [-0.05, 0) is 48.2 Å². The molecule has 0 radical (unpaired) electrons. The first-order valence-corrected chi connectivity index (χ1v) is 9.78. The highest BCUT2D eigenvalue weighted by atomic mass is 19.4. The van der Waals surface area contributed by atoms with Crippen LogP contribution in [0.25, 0.3) is 0 Å². The van der Waals surface area contributed by atoms with Gasteiger partial charge in [0.1, 0.15) is 17.1 Å². The van der Waals surface area contributed by atoms with Crippen LogP contribution in [0.15, 0.2) is 71.2 Å². The van der Waals surface area contributed by atoms with Gasteiger partial charge in [0.05, 0.1) is 5.92 Å². The summed E-state index contributed by atoms with van der Waals surface area (Å²) < 4.78 is 40.5. The molecule has 164 valence electrons. The Bertz CT molecular complexity index is 1120. The summed E-state index contributed by atoms with van der Waals surface area (Å²) in [5.41, 5.74) is 1.30. The number of allylic oxidation sites excluding steroid dienone is 1. The van der Waals surface area contributed by atoms with Crippen molar-refractivity contribution < 1.29 is 32.3 Å². The molecule has 9 heteroatoms. The van der Waals surface area contributed by atoms with E-state index in [2.05, 4.69) is 15.0 Å². The monoisotopic (exact) mass is 442 g/mol. The molecule has 2 unspecified atom stereocenters. The zero-order chi connectivity index (χ0) is 22.9. The molecule has 1 fully saturated rings. The molecule has 1 saturated carbocycles. The van der Waals surface area contributed by atoms with E-state index < -0.39 is 29.8 Å². The Morgan fingerprint density at radius 1 is 1.00 bits per heavy atom. The number of nitrogens with one attached hydrogen (secondary N) is 1. The van der Waals surface area contributed by atoms with Crippen LogP contribution in [0, 0.1) is 5.92 Å². The maximum absolute atomic E-state index is 12.7. The number of ether oxygens (including phenoxy) is 1. The summed E-state index contributed by atoms with van der Waals surface area (Å²) in [7, 11) is 0. The Morgan fingerprint density at radius 3 is 2.34 bits per heavy atom. The van der Waals surface area contributed by atoms with Gasteiger partial charge in [0, 0.05) is 17.8 Å². The third kappa shape index (κ3) is 4.77. The Kier molecular flexibility index (Phi) is 5.65. The highest BCUT2D eigenvalue weighted by Crippen LogP contribution is 2.35. The predicted molar refractivity (Wildman–Crippen MR) is 109 cm³/mol. The first-order chi connectivity index (χ1) is 15.2. The fourth-order valence-corrected chi connectivity index (χ4v) is 3.81. The topological polar surface area (TPSA) is 84.8 Å². The number of dihydropyridines is 1. The molecule has 32 heavy (non-hydrogen) atoms. The van der Waals surface area contributed by atoms with Gasteiger partial charge < -0.3 is 10.1 Å². The van der Waals surface area contributed by atoms with E-state index in [1.807, 2.05) is 30.3 Å². The highest BCUT2D eigenvalue weighted by Gasteiger charge is 2.38. The van der Waals surface area contributed by atoms with E-state index in [9.17, 15) is 27.6 Å². The number of alkyl halides is 3. The summed E-state index contributed by atoms with van der Waals surface area (Å²) in [5.74, 6) is -2.94. The average molecular weight is 442 g/mol. The Hall–Kier alpha value is -3.75. The first-order valence-electron chi connectivity index (χ1n) is 9.78. The number of carbonyl (C=O) groups is 3. The number of ketones is 1. The largest absolute Gasteiger partial charge is 0.573 e. The van der Waals surface area contributed by atoms with Gasteiger partial charge in [-0.2, -0.15) is 0 Å². The number of carbonyl (C=O) groups excluding carboxylic acids is 3. The number of rotatable bonds is 4. The van der Waals surface area contributed by atoms with Gasteiger partial charge in [-0.1, -0.05) is 30.3 Å². The molecule has 2 aliphatic rings. The second kappa shape index (κ2) is 8.41. The van der Waals surface area contributed by atoms with Crippen LogP contribution in [0.5, 0.6) is 5.75 Å². The fourth-order valence-electron chi connectivity index (χ4n) is 3.81. The van der Waals surface area contributed by atoms with Crippen molar-refractivity contribution in [1.82, 2.24) is 0 Å². The zero-order valence-electron chi connectivity index (χ0n) is 16.6. The van der Waals surface area contributed by atoms with Crippen LogP contribution in [0.2, 0.25) is 0 Å². The molecule has 4 rings (SSSR count). The molecule has 1 aliphatic heterocycles. The molecular weight excluding hydrogens is 425 g/mol. The van der Waals surface area contributed by atoms with Crippen molar-refractivity contribution in [2.75, 3.05) is 5.32 Å². The molecule has 0 saturated heterocycles. The van der Waals surface area contributed by atoms with Crippen LogP contribution in [0.4, 0.5) is 18.9 Å². The quantitative estimate of drug-likeness (QED) is 0.720. The minimum Gasteiger partial charge on any atom is -0.406 e. The number of fused-ring (bicyclic) bond motifs is 1. The van der Waals surface area contributed by atoms with Gasteiger partial charge >= 0.3 is 6.36 Å². The number of Topliss-reactive ketones (excluding diaryl/α,β-unsaturated/α-hetero) is 1. The third-order valence-electron chi connectivity index (χ3n) is 5.28. The molecule has 0 bridgehead atoms. The second-order valence-corrected chi connectivity index (χ2v) is 7.47. The number of aliphatic imine (C=N–C) groups is 1. The first kappa shape index (κ1) is 21.5. The minimum atomic E-state index is -4.83. The number of nitrogens with zero attached hydrogens (tertiary/aromatic N) is 1. The van der Waals surface area contributed by atoms with Crippen LogP contribution in [0.3, 0.4) is 0 Å². The smallest absolute Gasteiger partial charge is 0.406 e. The number of anilines is 1. The van der Waals surface area contributed by atoms with Gasteiger partial charge in [-0.15, -0.1) is 13.2 Å². The molecule has 0 spiro atoms. The summed E-state index contributed by atoms with van der Waals surface area (Å²) in [4.78, 5) is 41.8. The van der Waals surface area contributed by atoms with E-state index in [1.54, 1.807) is 0 Å². The number of hydrogen-bond acceptors (Lipinski definition) is 4. The Morgan fingerprint density at radius 2 is 1.69 bits per heavy atom. The van der Waals surface area contributed by atoms with E-state index in [0.717, 1.165) is 17.7 Å². The van der Waals surface area contributed by atoms with Crippen LogP contribution in [0.1, 0.15) is 24.3 Å². The molecule has 6 nitrogen and oxygen atoms in total. The van der Waals surface area contributed by atoms with E-state index in [1.165, 1.54) is 18.2 Å². The maximum atomic E-state index is 12.7. The summed E-state index contributed by atoms with van der Waals surface area (Å²) in [6.45, 7) is 0. The zero-order valence-corrected chi connectivity index (χ0v) is 16.6. The molecule has 2 atom stereocenters. The summed E-state index contributed by atoms with van der Waals surface area (Å²) in [5, 5.41) is 2.43. The lowest BCUT2D eigenvalue weighted by atomic mass is 9.75. The van der Waals surface area contributed by atoms with Gasteiger partial charge in [-0.25, -0.2) is 4.99 Å². The average Bonchev–Trinajstić information content (AvgIpc) is 2.74. The van der Waals surface area contributed by atoms with Crippen LogP contribution < -0.4 is 10.1 Å². The van der Waals surface area contributed by atoms with Gasteiger partial charge in [0.2, 0.25) is 0 Å². The Balaban J connectivity index is 1.46. The van der Waals surface area contributed by atoms with E-state index in [-0.39, 0.29) is 29.4 Å². The standard InChI is InChI=1S/C23H17F3N2O4/c24-23(25,26)32-16-8-6-15(7-9-16)27-21(30)18-12-17-19(28-22(18)31)10-14(11-20(17)29)13-4-2-1-3-5-13/h1-9,12,14,17H,10-11H2,(H,27,30). The lowest BCUT2D eigenvalue weighted by Crippen LogP contribution is -2.36. The van der Waals surface area contributed by atoms with Crippen molar-refractivity contribution >= 4 is 29.0 Å². The lowest BCUT2D eigenvalue weighted by Gasteiger charge is -2.30. The normalized spacial score (nSPS) is 20.7. The fraction of sp³-hybridized carbons (Fsp3) is 0.217. The third-order valence-corrected chi connectivity index (χ3v) is 5.28. The molecule has 1 aliphatic carbocycles. The lowest BCUT2D eigenvalue weighted by molar-refractivity contribution is -0.274. The van der Waals surface area contributed by atoms with E-state index in [4.69, 9.17) is 0 Å². The predicted octanol–water partition coefficient (Wildman–Crippen LogP) is 4.19. The van der Waals surface area contributed by atoms with Crippen LogP contribution >= 0.6 is 0 Å². The number of benzene rings is 2. The molecule has 2 aromatic rings. The maximum Gasteiger partial charge on any atom is 0.573 e. The highest BCUT2D eigenvalue weighted by molar-refractivity contribution is 6.29. The van der Waals surface area contributed by atoms with Crippen molar-refractivity contribution in [2.24, 2.45) is 10.9 Å². The van der Waals surface area contributed by atoms with E-state index >= 15 is 0 Å². The molecular formula is C23H17F3N2O4. The molecule has 2 amide bonds. The van der Waals surface area contributed by atoms with Crippen LogP contribution in [-0.2, 0) is 14.4 Å². The summed E-state index contributed by atoms with van der Waals surface area (Å²) in [6.07, 6.45) is -2.79. The molecule has 0 aromatic heterocycles. The second-order valence-electron chi connectivity index (χ2n) is 7.47. The Labute approximate surface area is 180 Å². The SMILES string of the molecule is O=C1N=C2CC(c3ccccc3)CC(=O)C2C=C1C(=O)Nc1ccc(OC(F)(F)F)cc1. The summed E-state index contributed by atoms with van der Waals surface area (Å²) >= 11 is 0. The van der Waals surface area contributed by atoms with Crippen molar-refractivity contribution in [3.63, 3.8) is 0 Å². The minimum absolute atomic E-state index is 0.0762. The number of amides is 2.